The second kappa shape index (κ2) is 3.18. The molecule has 3 nitrogen and oxygen atoms in total. The summed E-state index contributed by atoms with van der Waals surface area (Å²) in [5.41, 5.74) is 0. The van der Waals surface area contributed by atoms with Gasteiger partial charge in [-0.25, -0.2) is 14.2 Å². The minimum Gasteiger partial charge on any atom is -0.477 e. The van der Waals surface area contributed by atoms with Crippen LogP contribution in [0.1, 0.15) is 9.67 Å². The Kier molecular flexibility index (Phi) is 2.13. The van der Waals surface area contributed by atoms with Crippen molar-refractivity contribution >= 4 is 39.0 Å². The normalized spacial score (nSPS) is 10.7. The van der Waals surface area contributed by atoms with Crippen molar-refractivity contribution in [2.24, 2.45) is 0 Å². The molecule has 1 N–H and O–H groups in total. The van der Waals surface area contributed by atoms with Crippen LogP contribution in [0.15, 0.2) is 12.3 Å². The fourth-order valence-electron chi connectivity index (χ4n) is 1.08. The number of aromatic nitrogens is 1. The van der Waals surface area contributed by atoms with Crippen molar-refractivity contribution < 1.29 is 14.3 Å². The van der Waals surface area contributed by atoms with Gasteiger partial charge in [0.15, 0.2) is 5.82 Å². The number of hydrogen-bond acceptors (Lipinski definition) is 3. The average Bonchev–Trinajstić information content (AvgIpc) is 2.43. The summed E-state index contributed by atoms with van der Waals surface area (Å²) in [6, 6.07) is 1.44. The molecule has 14 heavy (non-hydrogen) atoms. The van der Waals surface area contributed by atoms with E-state index in [0.29, 0.717) is 4.70 Å². The molecule has 0 aliphatic rings. The van der Waals surface area contributed by atoms with E-state index in [-0.39, 0.29) is 15.4 Å². The van der Waals surface area contributed by atoms with Crippen LogP contribution >= 0.6 is 22.9 Å². The molecule has 0 aliphatic heterocycles. The van der Waals surface area contributed by atoms with Crippen LogP contribution in [-0.4, -0.2) is 16.1 Å². The van der Waals surface area contributed by atoms with Gasteiger partial charge < -0.3 is 5.11 Å². The summed E-state index contributed by atoms with van der Waals surface area (Å²) in [6.07, 6.45) is 1.23. The number of thiophene rings is 1. The van der Waals surface area contributed by atoms with E-state index in [4.69, 9.17) is 16.7 Å². The van der Waals surface area contributed by atoms with Gasteiger partial charge in [0, 0.05) is 16.3 Å². The summed E-state index contributed by atoms with van der Waals surface area (Å²) in [7, 11) is 0. The topological polar surface area (TPSA) is 50.2 Å². The third-order valence-corrected chi connectivity index (χ3v) is 3.00. The van der Waals surface area contributed by atoms with E-state index in [1.807, 2.05) is 0 Å². The molecule has 0 aromatic carbocycles. The van der Waals surface area contributed by atoms with Crippen LogP contribution in [-0.2, 0) is 0 Å². The Morgan fingerprint density at radius 1 is 1.64 bits per heavy atom. The van der Waals surface area contributed by atoms with Crippen LogP contribution in [0, 0.1) is 5.82 Å². The van der Waals surface area contributed by atoms with Crippen LogP contribution in [0.2, 0.25) is 5.15 Å². The molecule has 0 fully saturated rings. The SMILES string of the molecule is O=C(O)c1sc2cc(Cl)ncc2c1F. The van der Waals surface area contributed by atoms with E-state index < -0.39 is 11.8 Å². The fourth-order valence-corrected chi connectivity index (χ4v) is 2.23. The molecule has 2 rings (SSSR count). The molecule has 0 radical (unpaired) electrons. The predicted molar refractivity (Wildman–Crippen MR) is 51.5 cm³/mol. The first kappa shape index (κ1) is 9.36. The summed E-state index contributed by atoms with van der Waals surface area (Å²) >= 11 is 6.43. The van der Waals surface area contributed by atoms with E-state index in [0.717, 1.165) is 11.3 Å². The molecule has 0 bridgehead atoms. The lowest BCUT2D eigenvalue weighted by Gasteiger charge is -1.88. The molecule has 2 heterocycles. The molecular formula is C8H3ClFNO2S. The fraction of sp³-hybridized carbons (Fsp3) is 0. The first-order valence-corrected chi connectivity index (χ1v) is 4.76. The number of pyridine rings is 1. The Bertz CT molecular complexity index is 525. The van der Waals surface area contributed by atoms with E-state index in [1.54, 1.807) is 0 Å². The van der Waals surface area contributed by atoms with E-state index in [9.17, 15) is 9.18 Å². The molecule has 2 aromatic heterocycles. The standard InChI is InChI=1S/C8H3ClFNO2S/c9-5-1-4-3(2-11-5)6(10)7(14-4)8(12)13/h1-2H,(H,12,13). The van der Waals surface area contributed by atoms with Crippen molar-refractivity contribution in [2.75, 3.05) is 0 Å². The van der Waals surface area contributed by atoms with Gasteiger partial charge in [0.1, 0.15) is 10.0 Å². The van der Waals surface area contributed by atoms with Gasteiger partial charge in [-0.3, -0.25) is 0 Å². The number of hydrogen-bond donors (Lipinski definition) is 1. The maximum absolute atomic E-state index is 13.4. The molecular weight excluding hydrogens is 229 g/mol. The van der Waals surface area contributed by atoms with Crippen molar-refractivity contribution in [2.45, 2.75) is 0 Å². The Labute approximate surface area is 86.8 Å². The zero-order valence-corrected chi connectivity index (χ0v) is 8.19. The van der Waals surface area contributed by atoms with Gasteiger partial charge in [-0.2, -0.15) is 0 Å². The molecule has 6 heteroatoms. The van der Waals surface area contributed by atoms with E-state index >= 15 is 0 Å². The highest BCUT2D eigenvalue weighted by Crippen LogP contribution is 2.30. The number of nitrogens with zero attached hydrogens (tertiary/aromatic N) is 1. The van der Waals surface area contributed by atoms with E-state index in [2.05, 4.69) is 4.98 Å². The zero-order chi connectivity index (χ0) is 10.3. The van der Waals surface area contributed by atoms with Crippen LogP contribution in [0.4, 0.5) is 4.39 Å². The van der Waals surface area contributed by atoms with Crippen LogP contribution in [0.5, 0.6) is 0 Å². The Morgan fingerprint density at radius 3 is 3.00 bits per heavy atom. The van der Waals surface area contributed by atoms with Gasteiger partial charge in [-0.15, -0.1) is 11.3 Å². The predicted octanol–water partition coefficient (Wildman–Crippen LogP) is 2.79. The minimum absolute atomic E-state index is 0.191. The van der Waals surface area contributed by atoms with Gasteiger partial charge >= 0.3 is 5.97 Å². The second-order valence-corrected chi connectivity index (χ2v) is 3.99. The summed E-state index contributed by atoms with van der Waals surface area (Å²) < 4.78 is 13.8. The van der Waals surface area contributed by atoms with Crippen LogP contribution in [0.3, 0.4) is 0 Å². The average molecular weight is 232 g/mol. The van der Waals surface area contributed by atoms with Crippen molar-refractivity contribution in [3.8, 4) is 0 Å². The lowest BCUT2D eigenvalue weighted by molar-refractivity contribution is 0.0698. The highest BCUT2D eigenvalue weighted by atomic mass is 35.5. The monoisotopic (exact) mass is 231 g/mol. The molecule has 0 spiro atoms. The Hall–Kier alpha value is -1.20. The minimum atomic E-state index is -1.28. The first-order valence-electron chi connectivity index (χ1n) is 3.56. The second-order valence-electron chi connectivity index (χ2n) is 2.55. The van der Waals surface area contributed by atoms with Crippen molar-refractivity contribution in [3.05, 3.63) is 28.1 Å². The molecule has 2 aromatic rings. The van der Waals surface area contributed by atoms with Crippen molar-refractivity contribution in [1.82, 2.24) is 4.98 Å². The zero-order valence-electron chi connectivity index (χ0n) is 6.62. The highest BCUT2D eigenvalue weighted by Gasteiger charge is 2.17. The van der Waals surface area contributed by atoms with Crippen molar-refractivity contribution in [3.63, 3.8) is 0 Å². The van der Waals surface area contributed by atoms with Crippen LogP contribution < -0.4 is 0 Å². The van der Waals surface area contributed by atoms with Crippen LogP contribution in [0.25, 0.3) is 10.1 Å². The lowest BCUT2D eigenvalue weighted by Crippen LogP contribution is -1.94. The maximum atomic E-state index is 13.4. The van der Waals surface area contributed by atoms with Gasteiger partial charge in [0.25, 0.3) is 0 Å². The number of carbonyl (C=O) groups is 1. The molecule has 0 amide bonds. The Balaban J connectivity index is 2.79. The highest BCUT2D eigenvalue weighted by molar-refractivity contribution is 7.20. The third-order valence-electron chi connectivity index (χ3n) is 1.67. The molecule has 0 saturated heterocycles. The van der Waals surface area contributed by atoms with Gasteiger partial charge in [-0.05, 0) is 6.07 Å². The van der Waals surface area contributed by atoms with Gasteiger partial charge in [-0.1, -0.05) is 11.6 Å². The smallest absolute Gasteiger partial charge is 0.348 e. The molecule has 0 atom stereocenters. The number of fused-ring (bicyclic) bond motifs is 1. The number of rotatable bonds is 1. The largest absolute Gasteiger partial charge is 0.477 e. The summed E-state index contributed by atoms with van der Waals surface area (Å²) in [4.78, 5) is 14.0. The van der Waals surface area contributed by atoms with Gasteiger partial charge in [0.2, 0.25) is 0 Å². The number of carboxylic acids is 1. The Morgan fingerprint density at radius 2 is 2.36 bits per heavy atom. The number of halogens is 2. The quantitative estimate of drug-likeness (QED) is 0.768. The number of carboxylic acid groups (broad SMARTS) is 1. The lowest BCUT2D eigenvalue weighted by atomic mass is 10.3. The molecule has 0 unspecified atom stereocenters. The molecule has 0 aliphatic carbocycles. The van der Waals surface area contributed by atoms with E-state index in [1.165, 1.54) is 12.3 Å². The molecule has 72 valence electrons. The van der Waals surface area contributed by atoms with Crippen molar-refractivity contribution in [1.29, 1.82) is 0 Å². The first-order chi connectivity index (χ1) is 6.59. The van der Waals surface area contributed by atoms with Gasteiger partial charge in [0.05, 0.1) is 0 Å². The third kappa shape index (κ3) is 1.34. The summed E-state index contributed by atoms with van der Waals surface area (Å²) in [5.74, 6) is -2.03. The summed E-state index contributed by atoms with van der Waals surface area (Å²) in [5, 5.41) is 9.06. The maximum Gasteiger partial charge on any atom is 0.348 e. The summed E-state index contributed by atoms with van der Waals surface area (Å²) in [6.45, 7) is 0. The number of aromatic carboxylic acids is 1. The molecule has 0 saturated carbocycles.